The minimum Gasteiger partial charge on any atom is -0.466 e. The first-order valence-corrected chi connectivity index (χ1v) is 11.9. The van der Waals surface area contributed by atoms with E-state index in [0.29, 0.717) is 35.3 Å². The van der Waals surface area contributed by atoms with E-state index in [-0.39, 0.29) is 38.0 Å². The van der Waals surface area contributed by atoms with Gasteiger partial charge >= 0.3 is 5.97 Å². The number of hydrogen-bond acceptors (Lipinski definition) is 4. The molecule has 9 heteroatoms. The van der Waals surface area contributed by atoms with E-state index in [1.54, 1.807) is 24.7 Å². The zero-order chi connectivity index (χ0) is 24.9. The highest BCUT2D eigenvalue weighted by atomic mass is 35.5. The molecule has 2 aromatic carbocycles. The van der Waals surface area contributed by atoms with Crippen LogP contribution in [0.2, 0.25) is 18.2 Å². The Labute approximate surface area is 204 Å². The number of halogens is 4. The molecule has 0 radical (unpaired) electrons. The number of rotatable bonds is 11. The lowest BCUT2D eigenvalue weighted by Gasteiger charge is -2.40. The molecule has 1 aliphatic heterocycles. The summed E-state index contributed by atoms with van der Waals surface area (Å²) in [6, 6.07) is 11.8. The fourth-order valence-corrected chi connectivity index (χ4v) is 4.75. The third-order valence-corrected chi connectivity index (χ3v) is 6.25. The predicted molar refractivity (Wildman–Crippen MR) is 129 cm³/mol. The van der Waals surface area contributed by atoms with E-state index in [1.165, 1.54) is 12.1 Å². The minimum absolute atomic E-state index is 0.0649. The van der Waals surface area contributed by atoms with Crippen LogP contribution in [0.25, 0.3) is 11.1 Å². The summed E-state index contributed by atoms with van der Waals surface area (Å²) in [7, 11) is 0. The molecule has 0 spiro atoms. The summed E-state index contributed by atoms with van der Waals surface area (Å²) in [5, 5.41) is 10.5. The Balaban J connectivity index is 1.72. The van der Waals surface area contributed by atoms with Crippen LogP contribution in [0.4, 0.5) is 13.2 Å². The summed E-state index contributed by atoms with van der Waals surface area (Å²) in [6.45, 7) is 2.53. The standard InChI is InChI=1S/C25H30BClF3NO3/c1-3-34-24(32)20(14-31-15-25(29,30)16-31)11-18(13-26(2)33)10-17-4-6-19(7-5-17)22-12-21(27)8-9-23(22)28/h4-9,12,18,20,33H,3,10-11,13-16H2,1-2H3/t18-,20+/m1/s1. The molecule has 0 unspecified atom stereocenters. The molecule has 34 heavy (non-hydrogen) atoms. The molecule has 0 saturated carbocycles. The minimum atomic E-state index is -2.71. The quantitative estimate of drug-likeness (QED) is 0.333. The highest BCUT2D eigenvalue weighted by Crippen LogP contribution is 2.31. The fraction of sp³-hybridized carbons (Fsp3) is 0.480. The van der Waals surface area contributed by atoms with Gasteiger partial charge in [0.2, 0.25) is 0 Å². The van der Waals surface area contributed by atoms with Gasteiger partial charge in [0.25, 0.3) is 12.8 Å². The molecular weight excluding hydrogens is 466 g/mol. The van der Waals surface area contributed by atoms with Gasteiger partial charge in [-0.2, -0.15) is 0 Å². The number of hydrogen-bond donors (Lipinski definition) is 1. The van der Waals surface area contributed by atoms with Crippen LogP contribution in [-0.2, 0) is 16.0 Å². The maximum atomic E-state index is 14.2. The predicted octanol–water partition coefficient (Wildman–Crippen LogP) is 5.44. The number of carbonyl (C=O) groups excluding carboxylic acids is 1. The molecule has 1 N–H and O–H groups in total. The molecule has 1 aliphatic rings. The van der Waals surface area contributed by atoms with Gasteiger partial charge in [0.1, 0.15) is 5.82 Å². The first-order valence-electron chi connectivity index (χ1n) is 11.6. The molecule has 0 bridgehead atoms. The van der Waals surface area contributed by atoms with E-state index in [0.717, 1.165) is 5.56 Å². The van der Waals surface area contributed by atoms with E-state index in [4.69, 9.17) is 16.3 Å². The zero-order valence-corrected chi connectivity index (χ0v) is 20.2. The van der Waals surface area contributed by atoms with E-state index < -0.39 is 24.7 Å². The van der Waals surface area contributed by atoms with Crippen molar-refractivity contribution in [2.75, 3.05) is 26.2 Å². The summed E-state index contributed by atoms with van der Waals surface area (Å²) < 4.78 is 46.0. The Bertz CT molecular complexity index is 966. The van der Waals surface area contributed by atoms with Crippen molar-refractivity contribution in [1.82, 2.24) is 4.90 Å². The number of likely N-dealkylation sites (tertiary alicyclic amines) is 1. The Hall–Kier alpha value is -2.03. The van der Waals surface area contributed by atoms with E-state index in [1.807, 2.05) is 24.3 Å². The van der Waals surface area contributed by atoms with Crippen LogP contribution < -0.4 is 0 Å². The van der Waals surface area contributed by atoms with Crippen LogP contribution in [0.3, 0.4) is 0 Å². The van der Waals surface area contributed by atoms with Crippen LogP contribution in [0.1, 0.15) is 18.9 Å². The lowest BCUT2D eigenvalue weighted by Crippen LogP contribution is -2.57. The molecule has 2 atom stereocenters. The second-order valence-electron chi connectivity index (χ2n) is 9.19. The molecule has 1 saturated heterocycles. The topological polar surface area (TPSA) is 49.8 Å². The summed E-state index contributed by atoms with van der Waals surface area (Å²) in [5.74, 6) is -4.09. The van der Waals surface area contributed by atoms with Gasteiger partial charge < -0.3 is 9.76 Å². The first-order chi connectivity index (χ1) is 16.1. The SMILES string of the molecule is CCOC(=O)[C@@H](C[C@H](CB(C)O)Cc1ccc(-c2cc(Cl)ccc2F)cc1)CN1CC(F)(F)C1. The Morgan fingerprint density at radius 1 is 1.24 bits per heavy atom. The fourth-order valence-electron chi connectivity index (χ4n) is 4.57. The molecular formula is C25H30BClF3NO3. The maximum absolute atomic E-state index is 14.2. The molecule has 4 nitrogen and oxygen atoms in total. The monoisotopic (exact) mass is 495 g/mol. The largest absolute Gasteiger partial charge is 0.466 e. The van der Waals surface area contributed by atoms with E-state index in [2.05, 4.69) is 0 Å². The molecule has 3 rings (SSSR count). The second-order valence-corrected chi connectivity index (χ2v) is 9.62. The second kappa shape index (κ2) is 11.6. The lowest BCUT2D eigenvalue weighted by atomic mass is 9.62. The van der Waals surface area contributed by atoms with Gasteiger partial charge in [-0.15, -0.1) is 0 Å². The van der Waals surface area contributed by atoms with Crippen molar-refractivity contribution >= 4 is 24.5 Å². The third-order valence-electron chi connectivity index (χ3n) is 6.02. The van der Waals surface area contributed by atoms with Gasteiger partial charge in [0.05, 0.1) is 25.6 Å². The van der Waals surface area contributed by atoms with Crippen LogP contribution in [-0.4, -0.2) is 55.0 Å². The Kier molecular flexibility index (Phi) is 9.07. The third kappa shape index (κ3) is 7.49. The summed E-state index contributed by atoms with van der Waals surface area (Å²) in [4.78, 5) is 14.1. The van der Waals surface area contributed by atoms with Crippen molar-refractivity contribution in [1.29, 1.82) is 0 Å². The van der Waals surface area contributed by atoms with Crippen molar-refractivity contribution in [3.8, 4) is 11.1 Å². The van der Waals surface area contributed by atoms with Crippen LogP contribution >= 0.6 is 11.6 Å². The average molecular weight is 496 g/mol. The van der Waals surface area contributed by atoms with Gasteiger partial charge in [-0.25, -0.2) is 13.2 Å². The number of esters is 1. The van der Waals surface area contributed by atoms with Crippen molar-refractivity contribution in [3.63, 3.8) is 0 Å². The maximum Gasteiger partial charge on any atom is 0.310 e. The molecule has 1 heterocycles. The summed E-state index contributed by atoms with van der Waals surface area (Å²) >= 11 is 6.00. The molecule has 0 aliphatic carbocycles. The van der Waals surface area contributed by atoms with Crippen molar-refractivity contribution in [2.24, 2.45) is 11.8 Å². The number of benzene rings is 2. The molecule has 0 amide bonds. The van der Waals surface area contributed by atoms with Gasteiger partial charge in [-0.3, -0.25) is 9.69 Å². The lowest BCUT2D eigenvalue weighted by molar-refractivity contribution is -0.158. The molecule has 2 aromatic rings. The smallest absolute Gasteiger partial charge is 0.310 e. The van der Waals surface area contributed by atoms with Crippen molar-refractivity contribution in [3.05, 3.63) is 58.9 Å². The van der Waals surface area contributed by atoms with Gasteiger partial charge in [-0.1, -0.05) is 42.7 Å². The van der Waals surface area contributed by atoms with Crippen LogP contribution in [0.15, 0.2) is 42.5 Å². The molecule has 1 fully saturated rings. The summed E-state index contributed by atoms with van der Waals surface area (Å²) in [6.07, 6.45) is 1.45. The Morgan fingerprint density at radius 3 is 2.50 bits per heavy atom. The van der Waals surface area contributed by atoms with Gasteiger partial charge in [0, 0.05) is 17.1 Å². The summed E-state index contributed by atoms with van der Waals surface area (Å²) in [5.41, 5.74) is 2.07. The van der Waals surface area contributed by atoms with E-state index >= 15 is 0 Å². The first kappa shape index (κ1) is 26.6. The average Bonchev–Trinajstić information content (AvgIpc) is 2.74. The molecule has 184 valence electrons. The number of alkyl halides is 2. The van der Waals surface area contributed by atoms with Gasteiger partial charge in [0.15, 0.2) is 0 Å². The van der Waals surface area contributed by atoms with E-state index in [9.17, 15) is 23.0 Å². The molecule has 0 aromatic heterocycles. The zero-order valence-electron chi connectivity index (χ0n) is 19.4. The van der Waals surface area contributed by atoms with Crippen LogP contribution in [0.5, 0.6) is 0 Å². The Morgan fingerprint density at radius 2 is 1.91 bits per heavy atom. The number of carbonyl (C=O) groups is 1. The van der Waals surface area contributed by atoms with Crippen LogP contribution in [0, 0.1) is 17.7 Å². The normalized spacial score (nSPS) is 17.0. The van der Waals surface area contributed by atoms with Crippen molar-refractivity contribution in [2.45, 2.75) is 38.8 Å². The highest BCUT2D eigenvalue weighted by Gasteiger charge is 2.45. The van der Waals surface area contributed by atoms with Gasteiger partial charge in [-0.05, 0) is 61.3 Å². The number of ether oxygens (including phenoxy) is 1. The van der Waals surface area contributed by atoms with Crippen molar-refractivity contribution < 1.29 is 27.7 Å². The number of nitrogens with zero attached hydrogens (tertiary/aromatic N) is 1. The highest BCUT2D eigenvalue weighted by molar-refractivity contribution is 6.48.